The van der Waals surface area contributed by atoms with Gasteiger partial charge in [0.05, 0.1) is 17.2 Å². The van der Waals surface area contributed by atoms with Crippen molar-refractivity contribution in [3.05, 3.63) is 36.8 Å². The predicted molar refractivity (Wildman–Crippen MR) is 74.2 cm³/mol. The molecule has 0 unspecified atom stereocenters. The van der Waals surface area contributed by atoms with Crippen LogP contribution in [-0.2, 0) is 0 Å². The van der Waals surface area contributed by atoms with Gasteiger partial charge in [0.2, 0.25) is 6.79 Å². The molecule has 0 amide bonds. The van der Waals surface area contributed by atoms with E-state index in [1.54, 1.807) is 10.7 Å². The van der Waals surface area contributed by atoms with Crippen LogP contribution in [0.3, 0.4) is 0 Å². The summed E-state index contributed by atoms with van der Waals surface area (Å²) in [6, 6.07) is 7.88. The minimum Gasteiger partial charge on any atom is -0.454 e. The molecule has 102 valence electrons. The number of hydrogen-bond acceptors (Lipinski definition) is 5. The van der Waals surface area contributed by atoms with Crippen LogP contribution in [0.1, 0.15) is 0 Å². The van der Waals surface area contributed by atoms with Crippen LogP contribution < -0.4 is 9.47 Å². The summed E-state index contributed by atoms with van der Waals surface area (Å²) >= 11 is 0. The number of aromatic amines is 1. The van der Waals surface area contributed by atoms with Crippen molar-refractivity contribution in [2.75, 3.05) is 6.79 Å². The predicted octanol–water partition coefficient (Wildman–Crippen LogP) is 2.00. The fourth-order valence-electron chi connectivity index (χ4n) is 2.57. The van der Waals surface area contributed by atoms with Crippen molar-refractivity contribution in [1.29, 1.82) is 0 Å². The molecule has 0 aliphatic carbocycles. The third-order valence-corrected chi connectivity index (χ3v) is 3.58. The van der Waals surface area contributed by atoms with Crippen molar-refractivity contribution in [3.63, 3.8) is 0 Å². The lowest BCUT2D eigenvalue weighted by Gasteiger charge is -2.00. The van der Waals surface area contributed by atoms with Crippen molar-refractivity contribution in [1.82, 2.24) is 24.6 Å². The number of nitrogens with zero attached hydrogens (tertiary/aromatic N) is 4. The van der Waals surface area contributed by atoms with Gasteiger partial charge in [0.15, 0.2) is 11.5 Å². The van der Waals surface area contributed by atoms with Gasteiger partial charge in [0.25, 0.3) is 5.78 Å². The summed E-state index contributed by atoms with van der Waals surface area (Å²) in [5.41, 5.74) is 3.82. The Balaban J connectivity index is 1.73. The maximum atomic E-state index is 5.42. The summed E-state index contributed by atoms with van der Waals surface area (Å²) in [6.45, 7) is 0.273. The van der Waals surface area contributed by atoms with Gasteiger partial charge >= 0.3 is 0 Å². The van der Waals surface area contributed by atoms with Crippen LogP contribution in [0.15, 0.2) is 36.8 Å². The van der Waals surface area contributed by atoms with Crippen LogP contribution >= 0.6 is 0 Å². The zero-order chi connectivity index (χ0) is 13.8. The van der Waals surface area contributed by atoms with Crippen LogP contribution in [0.5, 0.6) is 11.5 Å². The van der Waals surface area contributed by atoms with Crippen molar-refractivity contribution < 1.29 is 9.47 Å². The number of rotatable bonds is 1. The van der Waals surface area contributed by atoms with Gasteiger partial charge < -0.3 is 14.5 Å². The van der Waals surface area contributed by atoms with Gasteiger partial charge in [-0.25, -0.2) is 4.98 Å². The highest BCUT2D eigenvalue weighted by atomic mass is 16.7. The summed E-state index contributed by atoms with van der Waals surface area (Å²) in [5, 5.41) is 4.19. The molecule has 0 bridgehead atoms. The molecule has 1 aliphatic rings. The van der Waals surface area contributed by atoms with E-state index in [4.69, 9.17) is 9.47 Å². The Morgan fingerprint density at radius 2 is 2.05 bits per heavy atom. The van der Waals surface area contributed by atoms with E-state index in [-0.39, 0.29) is 6.79 Å². The van der Waals surface area contributed by atoms with Crippen molar-refractivity contribution in [3.8, 4) is 22.8 Å². The number of aromatic nitrogens is 5. The normalized spacial score (nSPS) is 13.3. The van der Waals surface area contributed by atoms with E-state index in [1.807, 2.05) is 24.3 Å². The van der Waals surface area contributed by atoms with E-state index in [1.165, 1.54) is 6.33 Å². The van der Waals surface area contributed by atoms with Gasteiger partial charge in [0.1, 0.15) is 6.33 Å². The lowest BCUT2D eigenvalue weighted by atomic mass is 10.1. The molecule has 3 aromatic heterocycles. The fraction of sp³-hybridized carbons (Fsp3) is 0.0714. The largest absolute Gasteiger partial charge is 0.454 e. The van der Waals surface area contributed by atoms with Gasteiger partial charge in [-0.15, -0.1) is 0 Å². The standard InChI is InChI=1S/C14H9N5O2/c1-2-12-13(21-7-20-12)3-8(1)9-4-11-10(18-9)5-15-14-16-6-17-19(11)14/h1-6,18H,7H2. The zero-order valence-corrected chi connectivity index (χ0v) is 10.8. The molecule has 0 atom stereocenters. The Hall–Kier alpha value is -3.09. The average molecular weight is 279 g/mol. The topological polar surface area (TPSA) is 77.3 Å². The molecule has 0 saturated heterocycles. The van der Waals surface area contributed by atoms with E-state index in [9.17, 15) is 0 Å². The van der Waals surface area contributed by atoms with E-state index in [0.717, 1.165) is 33.8 Å². The van der Waals surface area contributed by atoms with E-state index in [2.05, 4.69) is 20.1 Å². The first-order chi connectivity index (χ1) is 10.4. The molecule has 1 aromatic carbocycles. The lowest BCUT2D eigenvalue weighted by molar-refractivity contribution is 0.174. The summed E-state index contributed by atoms with van der Waals surface area (Å²) in [6.07, 6.45) is 3.25. The number of hydrogen-bond donors (Lipinski definition) is 1. The van der Waals surface area contributed by atoms with Crippen molar-refractivity contribution in [2.24, 2.45) is 0 Å². The molecular weight excluding hydrogens is 270 g/mol. The second kappa shape index (κ2) is 3.72. The lowest BCUT2D eigenvalue weighted by Crippen LogP contribution is -1.92. The van der Waals surface area contributed by atoms with Crippen LogP contribution in [-0.4, -0.2) is 31.4 Å². The molecule has 0 radical (unpaired) electrons. The number of nitrogens with one attached hydrogen (secondary N) is 1. The Labute approximate surface area is 118 Å². The Morgan fingerprint density at radius 3 is 3.05 bits per heavy atom. The van der Waals surface area contributed by atoms with Crippen LogP contribution in [0.25, 0.3) is 28.1 Å². The van der Waals surface area contributed by atoms with E-state index >= 15 is 0 Å². The molecule has 21 heavy (non-hydrogen) atoms. The first-order valence-corrected chi connectivity index (χ1v) is 6.46. The van der Waals surface area contributed by atoms with Crippen LogP contribution in [0.4, 0.5) is 0 Å². The van der Waals surface area contributed by atoms with Crippen molar-refractivity contribution >= 4 is 16.8 Å². The molecule has 4 heterocycles. The van der Waals surface area contributed by atoms with Crippen molar-refractivity contribution in [2.45, 2.75) is 0 Å². The molecule has 0 spiro atoms. The minimum atomic E-state index is 0.273. The maximum absolute atomic E-state index is 5.42. The second-order valence-electron chi connectivity index (χ2n) is 4.78. The summed E-state index contributed by atoms with van der Waals surface area (Å²) in [5.74, 6) is 2.11. The van der Waals surface area contributed by atoms with Gasteiger partial charge in [-0.1, -0.05) is 0 Å². The zero-order valence-electron chi connectivity index (χ0n) is 10.8. The van der Waals surface area contributed by atoms with Gasteiger partial charge in [-0.3, -0.25) is 0 Å². The van der Waals surface area contributed by atoms with E-state index in [0.29, 0.717) is 5.78 Å². The SMILES string of the molecule is c1nc2ncc3[nH]c(-c4ccc5c(c4)OCO5)cc3n2n1. The maximum Gasteiger partial charge on any atom is 0.252 e. The molecular formula is C14H9N5O2. The van der Waals surface area contributed by atoms with Gasteiger partial charge in [-0.2, -0.15) is 14.6 Å². The molecule has 0 saturated carbocycles. The number of H-pyrrole nitrogens is 1. The Kier molecular flexibility index (Phi) is 1.89. The van der Waals surface area contributed by atoms with E-state index < -0.39 is 0 Å². The molecule has 1 aliphatic heterocycles. The van der Waals surface area contributed by atoms with Crippen LogP contribution in [0, 0.1) is 0 Å². The first-order valence-electron chi connectivity index (χ1n) is 6.46. The molecule has 7 nitrogen and oxygen atoms in total. The fourth-order valence-corrected chi connectivity index (χ4v) is 2.57. The molecule has 7 heteroatoms. The monoisotopic (exact) mass is 279 g/mol. The number of ether oxygens (including phenoxy) is 2. The molecule has 0 fully saturated rings. The summed E-state index contributed by atoms with van der Waals surface area (Å²) < 4.78 is 12.5. The number of benzene rings is 1. The minimum absolute atomic E-state index is 0.273. The Bertz CT molecular complexity index is 988. The van der Waals surface area contributed by atoms with Gasteiger partial charge in [0, 0.05) is 11.3 Å². The summed E-state index contributed by atoms with van der Waals surface area (Å²) in [4.78, 5) is 11.7. The molecule has 1 N–H and O–H groups in total. The highest BCUT2D eigenvalue weighted by Crippen LogP contribution is 2.36. The smallest absolute Gasteiger partial charge is 0.252 e. The van der Waals surface area contributed by atoms with Gasteiger partial charge in [-0.05, 0) is 24.3 Å². The molecule has 5 rings (SSSR count). The quantitative estimate of drug-likeness (QED) is 0.576. The Morgan fingerprint density at radius 1 is 1.10 bits per heavy atom. The second-order valence-corrected chi connectivity index (χ2v) is 4.78. The average Bonchev–Trinajstić information content (AvgIpc) is 3.23. The number of fused-ring (bicyclic) bond motifs is 4. The highest BCUT2D eigenvalue weighted by Gasteiger charge is 2.15. The summed E-state index contributed by atoms with van der Waals surface area (Å²) in [7, 11) is 0. The van der Waals surface area contributed by atoms with Crippen LogP contribution in [0.2, 0.25) is 0 Å². The molecule has 4 aromatic rings. The highest BCUT2D eigenvalue weighted by molar-refractivity contribution is 5.84. The first kappa shape index (κ1) is 10.7. The third-order valence-electron chi connectivity index (χ3n) is 3.58. The third kappa shape index (κ3) is 1.45.